The number of fused-ring (bicyclic) bond motifs is 1. The largest absolute Gasteiger partial charge is 0.342 e. The number of rotatable bonds is 2. The van der Waals surface area contributed by atoms with Gasteiger partial charge >= 0.3 is 0 Å². The molecule has 2 aliphatic rings. The van der Waals surface area contributed by atoms with Crippen molar-refractivity contribution < 1.29 is 4.79 Å². The molecule has 4 rings (SSSR count). The van der Waals surface area contributed by atoms with Crippen molar-refractivity contribution in [1.82, 2.24) is 9.97 Å². The van der Waals surface area contributed by atoms with Gasteiger partial charge in [0, 0.05) is 18.0 Å². The monoisotopic (exact) mass is 397 g/mol. The summed E-state index contributed by atoms with van der Waals surface area (Å²) in [6.07, 6.45) is 1.14. The molecule has 0 saturated carbocycles. The van der Waals surface area contributed by atoms with E-state index in [-0.39, 0.29) is 11.4 Å². The number of piperidine rings is 1. The highest BCUT2D eigenvalue weighted by Crippen LogP contribution is 2.41. The van der Waals surface area contributed by atoms with Crippen LogP contribution in [0.15, 0.2) is 16.2 Å². The predicted octanol–water partition coefficient (Wildman–Crippen LogP) is 2.85. The van der Waals surface area contributed by atoms with E-state index in [9.17, 15) is 14.9 Å². The molecule has 7 nitrogen and oxygen atoms in total. The number of carbonyl (C=O) groups is 1. The highest BCUT2D eigenvalue weighted by molar-refractivity contribution is 7.10. The van der Waals surface area contributed by atoms with Crippen molar-refractivity contribution in [2.75, 3.05) is 23.3 Å². The minimum absolute atomic E-state index is 0.277. The third kappa shape index (κ3) is 3.10. The second-order valence-corrected chi connectivity index (χ2v) is 8.99. The summed E-state index contributed by atoms with van der Waals surface area (Å²) in [5.41, 5.74) is 1.06. The van der Waals surface area contributed by atoms with E-state index < -0.39 is 17.7 Å². The van der Waals surface area contributed by atoms with Crippen LogP contribution in [0.1, 0.15) is 42.2 Å². The number of aromatic amines is 1. The van der Waals surface area contributed by atoms with Gasteiger partial charge in [-0.2, -0.15) is 10.2 Å². The molecular weight excluding hydrogens is 374 g/mol. The number of amides is 1. The van der Waals surface area contributed by atoms with Crippen molar-refractivity contribution in [3.63, 3.8) is 0 Å². The first-order valence-corrected chi connectivity index (χ1v) is 10.4. The quantitative estimate of drug-likeness (QED) is 0.811. The Balaban J connectivity index is 1.83. The molecular formula is C20H23N5O2S. The Morgan fingerprint density at radius 3 is 2.61 bits per heavy atom. The van der Waals surface area contributed by atoms with E-state index in [4.69, 9.17) is 0 Å². The van der Waals surface area contributed by atoms with Crippen LogP contribution in [0.5, 0.6) is 0 Å². The maximum absolute atomic E-state index is 13.1. The fourth-order valence-corrected chi connectivity index (χ4v) is 5.54. The van der Waals surface area contributed by atoms with Crippen molar-refractivity contribution in [3.8, 4) is 6.07 Å². The standard InChI is InChI=1S/C20H23N5O2S/c1-10-6-11(2)9-25(8-10)20-23-17-15(19(27)24-20)14(13(7-21)18(26)22-17)16-12(3)4-5-28-16/h4-5,10-11,13-14H,6,8-9H2,1-3H3,(H2,22,23,24,26,27). The molecule has 0 aliphatic carbocycles. The maximum atomic E-state index is 13.1. The van der Waals surface area contributed by atoms with E-state index in [1.807, 2.05) is 18.4 Å². The Morgan fingerprint density at radius 2 is 2.00 bits per heavy atom. The minimum atomic E-state index is -0.950. The SMILES string of the molecule is Cc1ccsc1C1c2c(nc(N3CC(C)CC(C)C3)[nH]c2=O)NC(=O)C1C#N. The van der Waals surface area contributed by atoms with Gasteiger partial charge in [-0.05, 0) is 42.2 Å². The van der Waals surface area contributed by atoms with Crippen LogP contribution in [0.4, 0.5) is 11.8 Å². The molecule has 2 N–H and O–H groups in total. The first-order chi connectivity index (χ1) is 13.4. The van der Waals surface area contributed by atoms with Crippen LogP contribution in [0.25, 0.3) is 0 Å². The molecule has 4 heterocycles. The van der Waals surface area contributed by atoms with E-state index in [0.717, 1.165) is 30.0 Å². The third-order valence-corrected chi connectivity index (χ3v) is 6.70. The fourth-order valence-electron chi connectivity index (χ4n) is 4.47. The smallest absolute Gasteiger partial charge is 0.258 e. The number of carbonyl (C=O) groups excluding carboxylic acids is 1. The lowest BCUT2D eigenvalue weighted by molar-refractivity contribution is -0.119. The minimum Gasteiger partial charge on any atom is -0.342 e. The van der Waals surface area contributed by atoms with E-state index in [1.54, 1.807) is 0 Å². The number of thiophene rings is 1. The van der Waals surface area contributed by atoms with Crippen molar-refractivity contribution in [2.45, 2.75) is 33.1 Å². The van der Waals surface area contributed by atoms with Gasteiger partial charge in [-0.3, -0.25) is 14.6 Å². The van der Waals surface area contributed by atoms with Gasteiger partial charge in [-0.15, -0.1) is 11.3 Å². The predicted molar refractivity (Wildman–Crippen MR) is 109 cm³/mol. The molecule has 0 aromatic carbocycles. The molecule has 8 heteroatoms. The zero-order valence-electron chi connectivity index (χ0n) is 16.2. The van der Waals surface area contributed by atoms with Gasteiger partial charge < -0.3 is 10.2 Å². The Morgan fingerprint density at radius 1 is 1.29 bits per heavy atom. The first-order valence-electron chi connectivity index (χ1n) is 9.52. The van der Waals surface area contributed by atoms with Gasteiger partial charge in [0.2, 0.25) is 11.9 Å². The number of hydrogen-bond acceptors (Lipinski definition) is 6. The first kappa shape index (κ1) is 18.7. The molecule has 4 atom stereocenters. The zero-order valence-corrected chi connectivity index (χ0v) is 17.0. The fraction of sp³-hybridized carbons (Fsp3) is 0.500. The highest BCUT2D eigenvalue weighted by atomic mass is 32.1. The van der Waals surface area contributed by atoms with Crippen LogP contribution in [-0.2, 0) is 4.79 Å². The Kier molecular flexibility index (Phi) is 4.71. The highest BCUT2D eigenvalue weighted by Gasteiger charge is 2.41. The molecule has 2 aromatic rings. The van der Waals surface area contributed by atoms with Crippen molar-refractivity contribution in [1.29, 1.82) is 5.26 Å². The number of aryl methyl sites for hydroxylation is 1. The van der Waals surface area contributed by atoms with Crippen LogP contribution in [0.2, 0.25) is 0 Å². The van der Waals surface area contributed by atoms with Gasteiger partial charge in [-0.1, -0.05) is 13.8 Å². The van der Waals surface area contributed by atoms with Crippen LogP contribution in [0.3, 0.4) is 0 Å². The average Bonchev–Trinajstić information content (AvgIpc) is 3.05. The van der Waals surface area contributed by atoms with E-state index >= 15 is 0 Å². The lowest BCUT2D eigenvalue weighted by Crippen LogP contribution is -2.42. The summed E-state index contributed by atoms with van der Waals surface area (Å²) in [6, 6.07) is 4.02. The third-order valence-electron chi connectivity index (χ3n) is 5.60. The number of H-pyrrole nitrogens is 1. The van der Waals surface area contributed by atoms with E-state index in [2.05, 4.69) is 40.1 Å². The normalized spacial score (nSPS) is 27.1. The molecule has 4 unspecified atom stereocenters. The lowest BCUT2D eigenvalue weighted by Gasteiger charge is -2.36. The van der Waals surface area contributed by atoms with Crippen molar-refractivity contribution in [2.24, 2.45) is 17.8 Å². The maximum Gasteiger partial charge on any atom is 0.258 e. The molecule has 0 radical (unpaired) electrons. The number of nitrogens with zero attached hydrogens (tertiary/aromatic N) is 3. The summed E-state index contributed by atoms with van der Waals surface area (Å²) in [5.74, 6) is -0.184. The summed E-state index contributed by atoms with van der Waals surface area (Å²) in [6.45, 7) is 7.93. The molecule has 0 spiro atoms. The number of anilines is 2. The van der Waals surface area contributed by atoms with Crippen LogP contribution in [-0.4, -0.2) is 29.0 Å². The number of hydrogen-bond donors (Lipinski definition) is 2. The summed E-state index contributed by atoms with van der Waals surface area (Å²) in [5, 5.41) is 14.2. The number of aromatic nitrogens is 2. The second kappa shape index (κ2) is 7.06. The van der Waals surface area contributed by atoms with Crippen LogP contribution < -0.4 is 15.8 Å². The summed E-state index contributed by atoms with van der Waals surface area (Å²) >= 11 is 1.46. The molecule has 146 valence electrons. The summed E-state index contributed by atoms with van der Waals surface area (Å²) in [4.78, 5) is 36.2. The van der Waals surface area contributed by atoms with Crippen molar-refractivity contribution >= 4 is 29.0 Å². The van der Waals surface area contributed by atoms with Gasteiger partial charge in [0.25, 0.3) is 5.56 Å². The Labute approximate surface area is 167 Å². The molecule has 2 aliphatic heterocycles. The zero-order chi connectivity index (χ0) is 20.0. The number of nitriles is 1. The lowest BCUT2D eigenvalue weighted by atomic mass is 9.82. The molecule has 1 amide bonds. The topological polar surface area (TPSA) is 102 Å². The molecule has 28 heavy (non-hydrogen) atoms. The van der Waals surface area contributed by atoms with E-state index in [0.29, 0.717) is 23.3 Å². The Bertz CT molecular complexity index is 1010. The van der Waals surface area contributed by atoms with Gasteiger partial charge in [0.15, 0.2) is 0 Å². The second-order valence-electron chi connectivity index (χ2n) is 8.04. The van der Waals surface area contributed by atoms with Crippen LogP contribution in [0, 0.1) is 36.0 Å². The van der Waals surface area contributed by atoms with Gasteiger partial charge in [-0.25, -0.2) is 0 Å². The van der Waals surface area contributed by atoms with Crippen LogP contribution >= 0.6 is 11.3 Å². The van der Waals surface area contributed by atoms with E-state index in [1.165, 1.54) is 11.3 Å². The van der Waals surface area contributed by atoms with Gasteiger partial charge in [0.05, 0.1) is 17.6 Å². The molecule has 1 fully saturated rings. The molecule has 2 aromatic heterocycles. The average molecular weight is 398 g/mol. The summed E-state index contributed by atoms with van der Waals surface area (Å²) in [7, 11) is 0. The molecule has 0 bridgehead atoms. The summed E-state index contributed by atoms with van der Waals surface area (Å²) < 4.78 is 0. The van der Waals surface area contributed by atoms with Gasteiger partial charge in [0.1, 0.15) is 11.7 Å². The Hall–Kier alpha value is -2.66. The van der Waals surface area contributed by atoms with Crippen molar-refractivity contribution in [3.05, 3.63) is 37.8 Å². The number of nitrogens with one attached hydrogen (secondary N) is 2. The molecule has 1 saturated heterocycles.